The van der Waals surface area contributed by atoms with Crippen molar-refractivity contribution in [2.24, 2.45) is 0 Å². The van der Waals surface area contributed by atoms with Gasteiger partial charge in [-0.25, -0.2) is 9.78 Å². The first-order chi connectivity index (χ1) is 14.9. The van der Waals surface area contributed by atoms with Gasteiger partial charge in [0.2, 0.25) is 0 Å². The molecule has 0 fully saturated rings. The maximum absolute atomic E-state index is 13.4. The second-order valence-corrected chi connectivity index (χ2v) is 7.78. The molecule has 31 heavy (non-hydrogen) atoms. The van der Waals surface area contributed by atoms with Crippen LogP contribution in [-0.4, -0.2) is 34.8 Å². The zero-order valence-electron chi connectivity index (χ0n) is 17.5. The fourth-order valence-corrected chi connectivity index (χ4v) is 4.66. The number of pyridine rings is 2. The van der Waals surface area contributed by atoms with Gasteiger partial charge in [-0.15, -0.1) is 0 Å². The number of esters is 1. The van der Waals surface area contributed by atoms with Gasteiger partial charge in [-0.1, -0.05) is 25.1 Å². The van der Waals surface area contributed by atoms with Crippen LogP contribution in [0.25, 0.3) is 22.3 Å². The molecule has 2 aromatic heterocycles. The molecule has 160 valence electrons. The molecule has 2 aliphatic rings. The van der Waals surface area contributed by atoms with Crippen LogP contribution in [0.1, 0.15) is 41.9 Å². The van der Waals surface area contributed by atoms with Crippen LogP contribution in [0.3, 0.4) is 0 Å². The number of carbonyl (C=O) groups is 1. The largest absolute Gasteiger partial charge is 0.458 e. The first-order valence-electron chi connectivity index (χ1n) is 10.1. The quantitative estimate of drug-likeness (QED) is 0.398. The number of benzene rings is 1. The Hall–Kier alpha value is -3.07. The van der Waals surface area contributed by atoms with Gasteiger partial charge in [-0.3, -0.25) is 4.79 Å². The normalized spacial score (nSPS) is 19.3. The Morgan fingerprint density at radius 2 is 1.97 bits per heavy atom. The van der Waals surface area contributed by atoms with Crippen LogP contribution in [0.2, 0.25) is 0 Å². The van der Waals surface area contributed by atoms with Crippen molar-refractivity contribution in [1.82, 2.24) is 9.55 Å². The van der Waals surface area contributed by atoms with Gasteiger partial charge in [-0.2, -0.15) is 0 Å². The third-order valence-electron chi connectivity index (χ3n) is 6.30. The molecule has 2 aliphatic heterocycles. The Bertz CT molecular complexity index is 1290. The molecule has 0 saturated carbocycles. The summed E-state index contributed by atoms with van der Waals surface area (Å²) in [6.45, 7) is 1.80. The predicted molar refractivity (Wildman–Crippen MR) is 111 cm³/mol. The maximum Gasteiger partial charge on any atom is 0.343 e. The van der Waals surface area contributed by atoms with Gasteiger partial charge in [0, 0.05) is 36.3 Å². The number of hydrogen-bond donors (Lipinski definition) is 1. The first-order valence-corrected chi connectivity index (χ1v) is 10.1. The van der Waals surface area contributed by atoms with E-state index < -0.39 is 17.9 Å². The van der Waals surface area contributed by atoms with E-state index in [0.717, 1.165) is 22.0 Å². The summed E-state index contributed by atoms with van der Waals surface area (Å²) < 4.78 is 17.9. The fraction of sp³-hybridized carbons (Fsp3) is 0.348. The van der Waals surface area contributed by atoms with Gasteiger partial charge in [0.15, 0.2) is 11.9 Å². The molecule has 0 unspecified atom stereocenters. The van der Waals surface area contributed by atoms with Gasteiger partial charge >= 0.3 is 5.97 Å². The molecule has 1 atom stereocenters. The molecule has 0 amide bonds. The Balaban J connectivity index is 1.84. The van der Waals surface area contributed by atoms with Gasteiger partial charge < -0.3 is 23.9 Å². The summed E-state index contributed by atoms with van der Waals surface area (Å²) in [7, 11) is 3.13. The summed E-state index contributed by atoms with van der Waals surface area (Å²) in [6.07, 6.45) is -0.542. The lowest BCUT2D eigenvalue weighted by Crippen LogP contribution is -2.44. The molecule has 0 radical (unpaired) electrons. The molecule has 8 nitrogen and oxygen atoms in total. The summed E-state index contributed by atoms with van der Waals surface area (Å²) in [5.74, 6) is -0.740. The molecule has 0 aliphatic carbocycles. The van der Waals surface area contributed by atoms with E-state index in [1.165, 1.54) is 0 Å². The van der Waals surface area contributed by atoms with Gasteiger partial charge in [-0.05, 0) is 18.6 Å². The SMILES string of the molecule is CC[C@@]1(O)C(=O)OCc2c1cc1n(c2=O)Cc2c-1nc1ccccc1c2C(OC)OC. The van der Waals surface area contributed by atoms with Gasteiger partial charge in [0.25, 0.3) is 5.56 Å². The summed E-state index contributed by atoms with van der Waals surface area (Å²) >= 11 is 0. The molecule has 3 aromatic rings. The molecule has 0 saturated heterocycles. The third kappa shape index (κ3) is 2.62. The number of methoxy groups -OCH3 is 2. The summed E-state index contributed by atoms with van der Waals surface area (Å²) in [6, 6.07) is 9.34. The lowest BCUT2D eigenvalue weighted by atomic mass is 9.86. The van der Waals surface area contributed by atoms with E-state index >= 15 is 0 Å². The van der Waals surface area contributed by atoms with Gasteiger partial charge in [0.1, 0.15) is 6.61 Å². The second-order valence-electron chi connectivity index (χ2n) is 7.78. The van der Waals surface area contributed by atoms with Crippen molar-refractivity contribution in [3.63, 3.8) is 0 Å². The van der Waals surface area contributed by atoms with Crippen molar-refractivity contribution < 1.29 is 24.1 Å². The van der Waals surface area contributed by atoms with Crippen LogP contribution in [0, 0.1) is 0 Å². The topological polar surface area (TPSA) is 99.9 Å². The second kappa shape index (κ2) is 6.98. The Morgan fingerprint density at radius 1 is 1.23 bits per heavy atom. The Kier molecular flexibility index (Phi) is 4.47. The minimum atomic E-state index is -1.85. The van der Waals surface area contributed by atoms with Crippen molar-refractivity contribution in [2.45, 2.75) is 38.4 Å². The number of fused-ring (bicyclic) bond motifs is 5. The van der Waals surface area contributed by atoms with E-state index in [1.54, 1.807) is 31.8 Å². The lowest BCUT2D eigenvalue weighted by Gasteiger charge is -2.31. The van der Waals surface area contributed by atoms with Crippen LogP contribution >= 0.6 is 0 Å². The number of rotatable bonds is 4. The highest BCUT2D eigenvalue weighted by Gasteiger charge is 2.45. The number of ether oxygens (including phenoxy) is 3. The fourth-order valence-electron chi connectivity index (χ4n) is 4.66. The van der Waals surface area contributed by atoms with Crippen molar-refractivity contribution in [1.29, 1.82) is 0 Å². The smallest absolute Gasteiger partial charge is 0.343 e. The zero-order valence-corrected chi connectivity index (χ0v) is 17.5. The molecule has 1 aromatic carbocycles. The number of hydrogen-bond acceptors (Lipinski definition) is 7. The maximum atomic E-state index is 13.4. The van der Waals surface area contributed by atoms with E-state index in [-0.39, 0.29) is 25.1 Å². The van der Waals surface area contributed by atoms with Gasteiger partial charge in [0.05, 0.1) is 29.0 Å². The minimum absolute atomic E-state index is 0.0976. The van der Waals surface area contributed by atoms with Crippen LogP contribution < -0.4 is 5.56 Å². The number of carbonyl (C=O) groups excluding carboxylic acids is 1. The molecular weight excluding hydrogens is 400 g/mol. The summed E-state index contributed by atoms with van der Waals surface area (Å²) in [4.78, 5) is 30.5. The monoisotopic (exact) mass is 422 g/mol. The molecule has 4 heterocycles. The van der Waals surface area contributed by atoms with Crippen molar-refractivity contribution in [3.8, 4) is 11.4 Å². The average Bonchev–Trinajstić information content (AvgIpc) is 3.15. The number of nitrogens with zero attached hydrogens (tertiary/aromatic N) is 2. The standard InChI is InChI=1S/C23H22N2O6/c1-4-23(28)15-9-17-19-13(10-25(17)20(26)14(15)11-31-22(23)27)18(21(29-2)30-3)12-7-5-6-8-16(12)24-19/h5-9,21,28H,4,10-11H2,1-3H3/t23-/m0/s1. The van der Waals surface area contributed by atoms with E-state index in [1.807, 2.05) is 24.3 Å². The van der Waals surface area contributed by atoms with E-state index in [4.69, 9.17) is 19.2 Å². The Morgan fingerprint density at radius 3 is 2.68 bits per heavy atom. The number of aromatic nitrogens is 2. The zero-order chi connectivity index (χ0) is 21.9. The molecule has 8 heteroatoms. The van der Waals surface area contributed by atoms with Crippen LogP contribution in [0.15, 0.2) is 35.1 Å². The van der Waals surface area contributed by atoms with E-state index in [2.05, 4.69) is 0 Å². The third-order valence-corrected chi connectivity index (χ3v) is 6.30. The number of para-hydroxylation sites is 1. The molecule has 0 spiro atoms. The van der Waals surface area contributed by atoms with E-state index in [0.29, 0.717) is 22.5 Å². The number of aliphatic hydroxyl groups is 1. The van der Waals surface area contributed by atoms with E-state index in [9.17, 15) is 14.7 Å². The first kappa shape index (κ1) is 19.9. The molecule has 1 N–H and O–H groups in total. The lowest BCUT2D eigenvalue weighted by molar-refractivity contribution is -0.172. The van der Waals surface area contributed by atoms with Crippen LogP contribution in [0.4, 0.5) is 0 Å². The van der Waals surface area contributed by atoms with Crippen molar-refractivity contribution in [2.75, 3.05) is 14.2 Å². The summed E-state index contributed by atoms with van der Waals surface area (Å²) in [5.41, 5.74) is 1.97. The number of cyclic esters (lactones) is 1. The highest BCUT2D eigenvalue weighted by atomic mass is 16.7. The van der Waals surface area contributed by atoms with Crippen molar-refractivity contribution in [3.05, 3.63) is 62.9 Å². The summed E-state index contributed by atoms with van der Waals surface area (Å²) in [5, 5.41) is 11.9. The average molecular weight is 422 g/mol. The predicted octanol–water partition coefficient (Wildman–Crippen LogP) is 2.37. The molecular formula is C23H22N2O6. The van der Waals surface area contributed by atoms with Crippen LogP contribution in [-0.2, 0) is 37.8 Å². The van der Waals surface area contributed by atoms with Crippen LogP contribution in [0.5, 0.6) is 0 Å². The molecule has 5 rings (SSSR count). The molecule has 0 bridgehead atoms. The Labute approximate surface area is 178 Å². The van der Waals surface area contributed by atoms with Crippen molar-refractivity contribution >= 4 is 16.9 Å². The minimum Gasteiger partial charge on any atom is -0.458 e. The highest BCUT2D eigenvalue weighted by Crippen LogP contribution is 2.42. The highest BCUT2D eigenvalue weighted by molar-refractivity contribution is 5.89.